The van der Waals surface area contributed by atoms with Gasteiger partial charge in [-0.05, 0) is 43.2 Å². The maximum Gasteiger partial charge on any atom is 0.330 e. The first-order valence-electron chi connectivity index (χ1n) is 5.69. The summed E-state index contributed by atoms with van der Waals surface area (Å²) in [5.74, 6) is 0.946. The van der Waals surface area contributed by atoms with Gasteiger partial charge in [0.2, 0.25) is 0 Å². The van der Waals surface area contributed by atoms with Gasteiger partial charge in [0.15, 0.2) is 11.5 Å². The summed E-state index contributed by atoms with van der Waals surface area (Å²) in [4.78, 5) is 11.2. The smallest absolute Gasteiger partial charge is 0.330 e. The summed E-state index contributed by atoms with van der Waals surface area (Å²) in [5, 5.41) is 0. The molecule has 4 heteroatoms. The van der Waals surface area contributed by atoms with Gasteiger partial charge in [-0.1, -0.05) is 0 Å². The van der Waals surface area contributed by atoms with Gasteiger partial charge in [-0.2, -0.15) is 0 Å². The van der Waals surface area contributed by atoms with E-state index >= 15 is 0 Å². The molecule has 0 spiro atoms. The van der Waals surface area contributed by atoms with E-state index in [9.17, 15) is 4.79 Å². The Morgan fingerprint density at radius 1 is 1.22 bits per heavy atom. The first-order chi connectivity index (χ1) is 8.62. The molecule has 18 heavy (non-hydrogen) atoms. The van der Waals surface area contributed by atoms with Crippen molar-refractivity contribution in [3.8, 4) is 11.5 Å². The quantitative estimate of drug-likeness (QED) is 0.595. The van der Waals surface area contributed by atoms with Crippen molar-refractivity contribution < 1.29 is 19.0 Å². The van der Waals surface area contributed by atoms with Crippen LogP contribution in [0.5, 0.6) is 11.5 Å². The Morgan fingerprint density at radius 3 is 2.39 bits per heavy atom. The molecule has 1 aromatic rings. The second-order valence-electron chi connectivity index (χ2n) is 3.65. The summed E-state index contributed by atoms with van der Waals surface area (Å²) in [6.45, 7) is 4.08. The molecule has 0 fully saturated rings. The molecular formula is C14H18O4. The third-order valence-electron chi connectivity index (χ3n) is 2.46. The Labute approximate surface area is 107 Å². The summed E-state index contributed by atoms with van der Waals surface area (Å²) in [6, 6.07) is 3.69. The predicted octanol–water partition coefficient (Wildman–Crippen LogP) is 2.59. The fourth-order valence-corrected chi connectivity index (χ4v) is 1.52. The Kier molecular flexibility index (Phi) is 5.24. The molecule has 0 atom stereocenters. The van der Waals surface area contributed by atoms with Crippen LogP contribution in [-0.2, 0) is 9.53 Å². The van der Waals surface area contributed by atoms with Crippen LogP contribution < -0.4 is 9.47 Å². The van der Waals surface area contributed by atoms with Crippen molar-refractivity contribution >= 4 is 12.0 Å². The Balaban J connectivity index is 2.99. The SMILES string of the molecule is CCOC(=O)/C=C/c1cc(OC)c(OC)cc1C. The van der Waals surface area contributed by atoms with E-state index in [4.69, 9.17) is 14.2 Å². The van der Waals surface area contributed by atoms with E-state index < -0.39 is 0 Å². The molecule has 0 amide bonds. The summed E-state index contributed by atoms with van der Waals surface area (Å²) >= 11 is 0. The lowest BCUT2D eigenvalue weighted by Crippen LogP contribution is -1.99. The number of hydrogen-bond acceptors (Lipinski definition) is 4. The number of ether oxygens (including phenoxy) is 3. The lowest BCUT2D eigenvalue weighted by atomic mass is 10.1. The predicted molar refractivity (Wildman–Crippen MR) is 70.0 cm³/mol. The molecule has 0 radical (unpaired) electrons. The molecule has 0 aliphatic carbocycles. The molecule has 0 saturated carbocycles. The van der Waals surface area contributed by atoms with Crippen LogP contribution in [0.1, 0.15) is 18.1 Å². The molecule has 1 aromatic carbocycles. The second-order valence-corrected chi connectivity index (χ2v) is 3.65. The van der Waals surface area contributed by atoms with Crippen LogP contribution in [0.25, 0.3) is 6.08 Å². The maximum absolute atomic E-state index is 11.2. The third-order valence-corrected chi connectivity index (χ3v) is 2.46. The van der Waals surface area contributed by atoms with E-state index in [2.05, 4.69) is 0 Å². The Hall–Kier alpha value is -1.97. The average Bonchev–Trinajstić information content (AvgIpc) is 2.37. The van der Waals surface area contributed by atoms with Gasteiger partial charge in [0, 0.05) is 6.08 Å². The minimum atomic E-state index is -0.355. The molecule has 98 valence electrons. The zero-order chi connectivity index (χ0) is 13.5. The molecule has 0 aliphatic rings. The van der Waals surface area contributed by atoms with Gasteiger partial charge in [0.25, 0.3) is 0 Å². The number of carbonyl (C=O) groups excluding carboxylic acids is 1. The van der Waals surface area contributed by atoms with Crippen molar-refractivity contribution in [2.45, 2.75) is 13.8 Å². The summed E-state index contributed by atoms with van der Waals surface area (Å²) in [5.41, 5.74) is 1.88. The van der Waals surface area contributed by atoms with Crippen LogP contribution in [0.2, 0.25) is 0 Å². The van der Waals surface area contributed by atoms with Crippen molar-refractivity contribution in [1.29, 1.82) is 0 Å². The lowest BCUT2D eigenvalue weighted by Gasteiger charge is -2.10. The van der Waals surface area contributed by atoms with Gasteiger partial charge in [-0.25, -0.2) is 4.79 Å². The fourth-order valence-electron chi connectivity index (χ4n) is 1.52. The highest BCUT2D eigenvalue weighted by molar-refractivity contribution is 5.87. The first kappa shape index (κ1) is 14.1. The molecule has 0 aromatic heterocycles. The van der Waals surface area contributed by atoms with Crippen LogP contribution in [0.3, 0.4) is 0 Å². The van der Waals surface area contributed by atoms with Crippen LogP contribution in [-0.4, -0.2) is 26.8 Å². The van der Waals surface area contributed by atoms with Gasteiger partial charge in [0.1, 0.15) is 0 Å². The molecule has 0 N–H and O–H groups in total. The summed E-state index contributed by atoms with van der Waals surface area (Å²) in [7, 11) is 3.16. The average molecular weight is 250 g/mol. The molecule has 0 saturated heterocycles. The minimum absolute atomic E-state index is 0.355. The van der Waals surface area contributed by atoms with Crippen LogP contribution in [0.4, 0.5) is 0 Å². The van der Waals surface area contributed by atoms with Crippen molar-refractivity contribution in [3.05, 3.63) is 29.3 Å². The van der Waals surface area contributed by atoms with Gasteiger partial charge in [-0.15, -0.1) is 0 Å². The summed E-state index contributed by atoms with van der Waals surface area (Å²) < 4.78 is 15.2. The zero-order valence-electron chi connectivity index (χ0n) is 11.1. The van der Waals surface area contributed by atoms with E-state index in [1.165, 1.54) is 6.08 Å². The number of carbonyl (C=O) groups is 1. The number of rotatable bonds is 5. The number of hydrogen-bond donors (Lipinski definition) is 0. The molecule has 4 nitrogen and oxygen atoms in total. The summed E-state index contributed by atoms with van der Waals surface area (Å²) in [6.07, 6.45) is 3.10. The molecule has 0 bridgehead atoms. The van der Waals surface area contributed by atoms with Crippen LogP contribution in [0.15, 0.2) is 18.2 Å². The third kappa shape index (κ3) is 3.52. The monoisotopic (exact) mass is 250 g/mol. The van der Waals surface area contributed by atoms with E-state index in [0.29, 0.717) is 18.1 Å². The molecule has 0 heterocycles. The van der Waals surface area contributed by atoms with Crippen molar-refractivity contribution in [3.63, 3.8) is 0 Å². The van der Waals surface area contributed by atoms with Crippen molar-refractivity contribution in [2.24, 2.45) is 0 Å². The highest BCUT2D eigenvalue weighted by Crippen LogP contribution is 2.30. The largest absolute Gasteiger partial charge is 0.493 e. The van der Waals surface area contributed by atoms with E-state index in [-0.39, 0.29) is 5.97 Å². The number of esters is 1. The maximum atomic E-state index is 11.2. The highest BCUT2D eigenvalue weighted by Gasteiger charge is 2.07. The zero-order valence-corrected chi connectivity index (χ0v) is 11.1. The van der Waals surface area contributed by atoms with Crippen molar-refractivity contribution in [1.82, 2.24) is 0 Å². The van der Waals surface area contributed by atoms with Gasteiger partial charge >= 0.3 is 5.97 Å². The van der Waals surface area contributed by atoms with Crippen LogP contribution >= 0.6 is 0 Å². The number of methoxy groups -OCH3 is 2. The van der Waals surface area contributed by atoms with Gasteiger partial charge < -0.3 is 14.2 Å². The van der Waals surface area contributed by atoms with Gasteiger partial charge in [-0.3, -0.25) is 0 Å². The van der Waals surface area contributed by atoms with E-state index in [0.717, 1.165) is 11.1 Å². The topological polar surface area (TPSA) is 44.8 Å². The normalized spacial score (nSPS) is 10.4. The van der Waals surface area contributed by atoms with Crippen molar-refractivity contribution in [2.75, 3.05) is 20.8 Å². The fraction of sp³-hybridized carbons (Fsp3) is 0.357. The Morgan fingerprint density at radius 2 is 1.83 bits per heavy atom. The van der Waals surface area contributed by atoms with E-state index in [1.807, 2.05) is 19.1 Å². The first-order valence-corrected chi connectivity index (χ1v) is 5.69. The lowest BCUT2D eigenvalue weighted by molar-refractivity contribution is -0.137. The molecular weight excluding hydrogens is 232 g/mol. The number of aryl methyl sites for hydroxylation is 1. The molecule has 0 aliphatic heterocycles. The second kappa shape index (κ2) is 6.69. The Bertz CT molecular complexity index is 449. The van der Waals surface area contributed by atoms with Gasteiger partial charge in [0.05, 0.1) is 20.8 Å². The highest BCUT2D eigenvalue weighted by atomic mass is 16.5. The minimum Gasteiger partial charge on any atom is -0.493 e. The number of benzene rings is 1. The molecule has 0 unspecified atom stereocenters. The standard InChI is InChI=1S/C14H18O4/c1-5-18-14(15)7-6-11-9-13(17-4)12(16-3)8-10(11)2/h6-9H,5H2,1-4H3/b7-6+. The molecule has 1 rings (SSSR count). The van der Waals surface area contributed by atoms with Crippen LogP contribution in [0, 0.1) is 6.92 Å². The van der Waals surface area contributed by atoms with E-state index in [1.54, 1.807) is 27.2 Å².